The number of hydrogen-bond donors (Lipinski definition) is 2. The molecule has 576 valence electrons. The number of nitrogens with zero attached hydrogens (tertiary/aromatic N) is 10. The Hall–Kier alpha value is -14.0. The van der Waals surface area contributed by atoms with Crippen molar-refractivity contribution in [2.45, 2.75) is 48.2 Å². The Balaban J connectivity index is 0.000000142. The lowest BCUT2D eigenvalue weighted by atomic mass is 10.1. The molecule has 3 N–H and O–H groups in total. The number of halogens is 3. The van der Waals surface area contributed by atoms with Gasteiger partial charge in [-0.2, -0.15) is 0 Å². The van der Waals surface area contributed by atoms with Gasteiger partial charge >= 0.3 is 0 Å². The number of rotatable bonds is 16. The van der Waals surface area contributed by atoms with Crippen molar-refractivity contribution in [3.8, 4) is 45.8 Å². The van der Waals surface area contributed by atoms with Crippen LogP contribution in [-0.2, 0) is 13.1 Å². The largest absolute Gasteiger partial charge is 0.399 e. The van der Waals surface area contributed by atoms with E-state index in [1.54, 1.807) is 0 Å². The second-order valence-corrected chi connectivity index (χ2v) is 30.3. The summed E-state index contributed by atoms with van der Waals surface area (Å²) in [4.78, 5) is 23.9. The minimum atomic E-state index is 0. The summed E-state index contributed by atoms with van der Waals surface area (Å²) in [5.41, 5.74) is 32.4. The van der Waals surface area contributed by atoms with Gasteiger partial charge in [-0.25, -0.2) is 19.9 Å². The fourth-order valence-corrected chi connectivity index (χ4v) is 16.8. The number of fused-ring (bicyclic) bond motifs is 8. The number of nitrogens with two attached hydrogens (primary N) is 1. The van der Waals surface area contributed by atoms with Crippen LogP contribution in [0.1, 0.15) is 40.8 Å². The fourth-order valence-electron chi connectivity index (χ4n) is 16.1. The summed E-state index contributed by atoms with van der Waals surface area (Å²) >= 11 is 20.6. The number of aromatic nitrogens is 8. The molecule has 0 spiro atoms. The predicted molar refractivity (Wildman–Crippen MR) is 496 cm³/mol. The normalized spacial score (nSPS) is 11.2. The van der Waals surface area contributed by atoms with Gasteiger partial charge < -0.3 is 20.9 Å². The van der Waals surface area contributed by atoms with Gasteiger partial charge in [0.1, 0.15) is 23.3 Å². The Morgan fingerprint density at radius 3 is 1.21 bits per heavy atom. The molecule has 0 aliphatic heterocycles. The van der Waals surface area contributed by atoms with E-state index in [1.165, 1.54) is 44.5 Å². The monoisotopic (exact) mass is 1590 g/mol. The van der Waals surface area contributed by atoms with E-state index >= 15 is 0 Å². The number of aryl methyl sites for hydroxylation is 4. The highest BCUT2D eigenvalue weighted by Gasteiger charge is 2.24. The average Bonchev–Trinajstić information content (AvgIpc) is 1.60. The van der Waals surface area contributed by atoms with Crippen LogP contribution in [0.4, 0.5) is 39.8 Å². The molecule has 15 heteroatoms. The SMILES string of the molecule is C.Cc1cccc(C)c1-n1c(-c2ccc(N(Cc3ccccc3)c3cccc(Cl)c3Cl)cc2)nc2ccccc21.Cc1cccc(C)c1-n1c(-c2ccc(N(Cc3ccccc3)c3cccc(Nc4ccc5c(c4)c4ccccc4n5-c4ccccn4)c3Cl)cc2)nc2ccccc21.Nc1ccc2c(c1)c1ccccc1n2-c1ccccn1. The quantitative estimate of drug-likeness (QED) is 0.0919. The number of pyridine rings is 2. The van der Waals surface area contributed by atoms with Gasteiger partial charge in [0, 0.05) is 80.9 Å². The number of anilines is 7. The van der Waals surface area contributed by atoms with Crippen molar-refractivity contribution in [2.75, 3.05) is 20.9 Å². The first-order chi connectivity index (χ1) is 57.4. The topological polar surface area (TPSA) is 116 Å². The van der Waals surface area contributed by atoms with Crippen LogP contribution in [0.3, 0.4) is 0 Å². The van der Waals surface area contributed by atoms with Crippen LogP contribution < -0.4 is 20.9 Å². The summed E-state index contributed by atoms with van der Waals surface area (Å²) in [6.07, 6.45) is 3.65. The molecule has 6 aromatic heterocycles. The molecule has 0 saturated carbocycles. The lowest BCUT2D eigenvalue weighted by Gasteiger charge is -2.27. The molecule has 0 aliphatic rings. The summed E-state index contributed by atoms with van der Waals surface area (Å²) in [5, 5.41) is 10.0. The van der Waals surface area contributed by atoms with Gasteiger partial charge in [-0.05, 0) is 231 Å². The zero-order chi connectivity index (χ0) is 79.6. The third-order valence-corrected chi connectivity index (χ3v) is 22.8. The number of para-hydroxylation sites is 8. The zero-order valence-corrected chi connectivity index (χ0v) is 67.0. The number of nitrogens with one attached hydrogen (secondary N) is 1. The van der Waals surface area contributed by atoms with Crippen molar-refractivity contribution in [2.24, 2.45) is 0 Å². The molecule has 20 aromatic rings. The second-order valence-electron chi connectivity index (χ2n) is 29.2. The molecule has 0 amide bonds. The highest BCUT2D eigenvalue weighted by molar-refractivity contribution is 6.43. The van der Waals surface area contributed by atoms with Crippen molar-refractivity contribution >= 4 is 140 Å². The molecule has 6 heterocycles. The maximum absolute atomic E-state index is 7.43. The molecular formula is C103H83Cl3N12. The van der Waals surface area contributed by atoms with Gasteiger partial charge in [0.2, 0.25) is 0 Å². The maximum atomic E-state index is 7.43. The molecule has 14 aromatic carbocycles. The van der Waals surface area contributed by atoms with Gasteiger partial charge in [-0.15, -0.1) is 0 Å². The van der Waals surface area contributed by atoms with Gasteiger partial charge in [0.15, 0.2) is 0 Å². The first-order valence-electron chi connectivity index (χ1n) is 38.9. The summed E-state index contributed by atoms with van der Waals surface area (Å²) < 4.78 is 8.97. The molecule has 0 fully saturated rings. The van der Waals surface area contributed by atoms with E-state index in [-0.39, 0.29) is 7.43 Å². The van der Waals surface area contributed by atoms with E-state index in [2.05, 4.69) is 302 Å². The van der Waals surface area contributed by atoms with Crippen LogP contribution in [0.15, 0.2) is 364 Å². The summed E-state index contributed by atoms with van der Waals surface area (Å²) in [7, 11) is 0. The predicted octanol–water partition coefficient (Wildman–Crippen LogP) is 27.9. The van der Waals surface area contributed by atoms with E-state index in [0.717, 1.165) is 140 Å². The summed E-state index contributed by atoms with van der Waals surface area (Å²) in [5.74, 6) is 3.62. The number of nitrogen functional groups attached to an aromatic ring is 1. The molecule has 0 atom stereocenters. The van der Waals surface area contributed by atoms with E-state index in [9.17, 15) is 0 Å². The summed E-state index contributed by atoms with van der Waals surface area (Å²) in [6.45, 7) is 9.92. The Labute approximate surface area is 701 Å². The molecule has 12 nitrogen and oxygen atoms in total. The zero-order valence-electron chi connectivity index (χ0n) is 64.7. The first-order valence-corrected chi connectivity index (χ1v) is 40.1. The first kappa shape index (κ1) is 76.6. The van der Waals surface area contributed by atoms with Crippen LogP contribution in [0.5, 0.6) is 0 Å². The van der Waals surface area contributed by atoms with Gasteiger partial charge in [-0.1, -0.05) is 224 Å². The van der Waals surface area contributed by atoms with E-state index in [4.69, 9.17) is 50.5 Å². The van der Waals surface area contributed by atoms with Crippen molar-refractivity contribution < 1.29 is 0 Å². The smallest absolute Gasteiger partial charge is 0.145 e. The average molecular weight is 1600 g/mol. The molecule has 0 radical (unpaired) electrons. The van der Waals surface area contributed by atoms with Crippen LogP contribution >= 0.6 is 34.8 Å². The Morgan fingerprint density at radius 1 is 0.339 bits per heavy atom. The van der Waals surface area contributed by atoms with Crippen LogP contribution in [0.2, 0.25) is 15.1 Å². The highest BCUT2D eigenvalue weighted by atomic mass is 35.5. The minimum Gasteiger partial charge on any atom is -0.399 e. The number of hydrogen-bond acceptors (Lipinski definition) is 8. The van der Waals surface area contributed by atoms with Crippen LogP contribution in [0, 0.1) is 27.7 Å². The standard InChI is InChI=1S/C51H39ClN6.C34H27Cl2N3.C17H13N3.CH4/c1-34-14-12-15-35(2)50(34)58-46-22-9-7-19-42(46)55-51(58)37-25-28-39(29-26-37)56(33-36-16-4-3-5-17-36)47-23-13-20-43(49(47)52)54-38-27-30-45-41(32-38)40-18-6-8-21-44(40)57(45)48-24-10-11-31-53-48;1-23-10-8-11-24(2)33(23)39-30-16-7-6-15-29(30)37-34(39)26-18-20-27(21-19-26)38(22-25-12-4-3-5-13-25)31-17-9-14-28(35)32(31)36;18-12-8-9-16-14(11-12)13-5-1-2-6-15(13)20(16)17-7-3-4-10-19-17;/h3-32,54H,33H2,1-2H3;3-21H,22H2,1-2H3;1-11H,18H2;1H4. The molecule has 0 saturated heterocycles. The van der Waals surface area contributed by atoms with Crippen LogP contribution in [-0.4, -0.2) is 38.2 Å². The van der Waals surface area contributed by atoms with E-state index in [0.29, 0.717) is 28.2 Å². The number of imidazole rings is 2. The molecule has 20 rings (SSSR count). The van der Waals surface area contributed by atoms with Crippen molar-refractivity contribution in [3.63, 3.8) is 0 Å². The van der Waals surface area contributed by atoms with Crippen molar-refractivity contribution in [1.82, 2.24) is 38.2 Å². The maximum Gasteiger partial charge on any atom is 0.145 e. The fraction of sp³-hybridized carbons (Fsp3) is 0.0680. The van der Waals surface area contributed by atoms with Crippen molar-refractivity contribution in [1.29, 1.82) is 0 Å². The van der Waals surface area contributed by atoms with E-state index in [1.807, 2.05) is 134 Å². The molecule has 118 heavy (non-hydrogen) atoms. The van der Waals surface area contributed by atoms with Gasteiger partial charge in [0.05, 0.1) is 87.6 Å². The summed E-state index contributed by atoms with van der Waals surface area (Å²) in [6, 6.07) is 121. The third-order valence-electron chi connectivity index (χ3n) is 21.6. The lowest BCUT2D eigenvalue weighted by Crippen LogP contribution is -2.17. The second kappa shape index (κ2) is 33.4. The Bertz CT molecular complexity index is 6980. The van der Waals surface area contributed by atoms with Gasteiger partial charge in [0.25, 0.3) is 0 Å². The van der Waals surface area contributed by atoms with E-state index < -0.39 is 0 Å². The Kier molecular flexibility index (Phi) is 21.7. The molecule has 0 bridgehead atoms. The molecule has 0 unspecified atom stereocenters. The Morgan fingerprint density at radius 2 is 0.737 bits per heavy atom. The minimum absolute atomic E-state index is 0. The number of benzene rings is 14. The lowest BCUT2D eigenvalue weighted by molar-refractivity contribution is 0.975. The molecular weight excluding hydrogens is 1510 g/mol. The molecule has 0 aliphatic carbocycles. The van der Waals surface area contributed by atoms with Crippen molar-refractivity contribution in [3.05, 3.63) is 413 Å². The van der Waals surface area contributed by atoms with Crippen LogP contribution in [0.25, 0.3) is 111 Å². The third kappa shape index (κ3) is 14.9. The highest BCUT2D eigenvalue weighted by Crippen LogP contribution is 2.44. The van der Waals surface area contributed by atoms with Gasteiger partial charge in [-0.3, -0.25) is 18.3 Å².